The van der Waals surface area contributed by atoms with Gasteiger partial charge in [-0.25, -0.2) is 4.79 Å². The molecule has 1 aromatic rings. The highest BCUT2D eigenvalue weighted by Crippen LogP contribution is 2.22. The molecule has 0 aliphatic heterocycles. The number of methoxy groups -OCH3 is 1. The molecule has 110 valence electrons. The Hall–Kier alpha value is -1.06. The number of halogens is 2. The lowest BCUT2D eigenvalue weighted by molar-refractivity contribution is -0.139. The van der Waals surface area contributed by atoms with Crippen LogP contribution in [0.2, 0.25) is 5.02 Å². The van der Waals surface area contributed by atoms with Crippen molar-refractivity contribution >= 4 is 51.9 Å². The fourth-order valence-corrected chi connectivity index (χ4v) is 2.40. The molecule has 0 saturated heterocycles. The highest BCUT2D eigenvalue weighted by atomic mass is 127. The summed E-state index contributed by atoms with van der Waals surface area (Å²) in [4.78, 5) is 22.3. The van der Waals surface area contributed by atoms with Crippen molar-refractivity contribution in [3.8, 4) is 0 Å². The topological polar surface area (TPSA) is 87.7 Å². The van der Waals surface area contributed by atoms with Crippen molar-refractivity contribution in [1.82, 2.24) is 5.32 Å². The maximum atomic E-state index is 11.7. The molecule has 6 nitrogen and oxygen atoms in total. The Balaban J connectivity index is 2.49. The lowest BCUT2D eigenvalue weighted by atomic mass is 10.2. The molecule has 0 aliphatic carbocycles. The number of nitrogens with one attached hydrogen (secondary N) is 2. The largest absolute Gasteiger partial charge is 0.481 e. The summed E-state index contributed by atoms with van der Waals surface area (Å²) in [5.41, 5.74) is 0.625. The van der Waals surface area contributed by atoms with E-state index in [9.17, 15) is 9.59 Å². The SMILES string of the molecule is COC(CNC(=O)Nc1ccc(Cl)cc1I)CC(=O)O. The number of benzene rings is 1. The van der Waals surface area contributed by atoms with Crippen molar-refractivity contribution in [2.75, 3.05) is 19.0 Å². The van der Waals surface area contributed by atoms with E-state index in [4.69, 9.17) is 21.4 Å². The van der Waals surface area contributed by atoms with Gasteiger partial charge in [0, 0.05) is 22.2 Å². The van der Waals surface area contributed by atoms with Gasteiger partial charge in [0.1, 0.15) is 0 Å². The van der Waals surface area contributed by atoms with Crippen molar-refractivity contribution in [3.05, 3.63) is 26.8 Å². The van der Waals surface area contributed by atoms with E-state index in [1.165, 1.54) is 7.11 Å². The lowest BCUT2D eigenvalue weighted by Gasteiger charge is -2.15. The van der Waals surface area contributed by atoms with Crippen molar-refractivity contribution in [1.29, 1.82) is 0 Å². The van der Waals surface area contributed by atoms with E-state index >= 15 is 0 Å². The zero-order valence-electron chi connectivity index (χ0n) is 10.7. The van der Waals surface area contributed by atoms with Gasteiger partial charge >= 0.3 is 12.0 Å². The monoisotopic (exact) mass is 412 g/mol. The van der Waals surface area contributed by atoms with Crippen LogP contribution >= 0.6 is 34.2 Å². The van der Waals surface area contributed by atoms with Crippen LogP contribution in [-0.4, -0.2) is 36.9 Å². The summed E-state index contributed by atoms with van der Waals surface area (Å²) in [5, 5.41) is 14.4. The number of carbonyl (C=O) groups is 2. The van der Waals surface area contributed by atoms with Gasteiger partial charge in [-0.2, -0.15) is 0 Å². The molecule has 8 heteroatoms. The Morgan fingerprint density at radius 2 is 2.20 bits per heavy atom. The van der Waals surface area contributed by atoms with Gasteiger partial charge in [0.15, 0.2) is 0 Å². The molecule has 0 radical (unpaired) electrons. The van der Waals surface area contributed by atoms with Gasteiger partial charge < -0.3 is 20.5 Å². The number of anilines is 1. The first-order valence-electron chi connectivity index (χ1n) is 5.67. The van der Waals surface area contributed by atoms with Crippen LogP contribution in [0.3, 0.4) is 0 Å². The molecule has 3 N–H and O–H groups in total. The highest BCUT2D eigenvalue weighted by Gasteiger charge is 2.14. The van der Waals surface area contributed by atoms with E-state index in [1.54, 1.807) is 18.2 Å². The van der Waals surface area contributed by atoms with Crippen LogP contribution in [0.15, 0.2) is 18.2 Å². The summed E-state index contributed by atoms with van der Waals surface area (Å²) in [6.45, 7) is 0.110. The molecule has 1 aromatic carbocycles. The number of aliphatic carboxylic acids is 1. The van der Waals surface area contributed by atoms with Crippen LogP contribution < -0.4 is 10.6 Å². The smallest absolute Gasteiger partial charge is 0.319 e. The van der Waals surface area contributed by atoms with Crippen molar-refractivity contribution < 1.29 is 19.4 Å². The molecule has 2 amide bonds. The molecule has 1 rings (SSSR count). The molecule has 0 aliphatic rings. The van der Waals surface area contributed by atoms with Gasteiger partial charge in [0.2, 0.25) is 0 Å². The number of carbonyl (C=O) groups excluding carboxylic acids is 1. The molecule has 0 spiro atoms. The third-order valence-corrected chi connectivity index (χ3v) is 3.53. The van der Waals surface area contributed by atoms with Crippen LogP contribution in [-0.2, 0) is 9.53 Å². The number of urea groups is 1. The van der Waals surface area contributed by atoms with E-state index < -0.39 is 18.1 Å². The summed E-state index contributed by atoms with van der Waals surface area (Å²) in [6, 6.07) is 4.65. The van der Waals surface area contributed by atoms with E-state index in [-0.39, 0.29) is 13.0 Å². The predicted octanol–water partition coefficient (Wildman–Crippen LogP) is 2.56. The third kappa shape index (κ3) is 5.93. The molecule has 0 fully saturated rings. The van der Waals surface area contributed by atoms with Crippen molar-refractivity contribution in [2.45, 2.75) is 12.5 Å². The predicted molar refractivity (Wildman–Crippen MR) is 84.2 cm³/mol. The number of carboxylic acids is 1. The zero-order chi connectivity index (χ0) is 15.1. The van der Waals surface area contributed by atoms with E-state index in [2.05, 4.69) is 33.2 Å². The highest BCUT2D eigenvalue weighted by molar-refractivity contribution is 14.1. The van der Waals surface area contributed by atoms with Gasteiger partial charge in [0.05, 0.1) is 18.2 Å². The summed E-state index contributed by atoms with van der Waals surface area (Å²) >= 11 is 7.87. The minimum absolute atomic E-state index is 0.110. The first kappa shape index (κ1) is 17.0. The van der Waals surface area contributed by atoms with Crippen LogP contribution in [0, 0.1) is 3.57 Å². The van der Waals surface area contributed by atoms with E-state index in [0.717, 1.165) is 3.57 Å². The summed E-state index contributed by atoms with van der Waals surface area (Å²) in [6.07, 6.45) is -0.738. The normalized spacial score (nSPS) is 11.8. The van der Waals surface area contributed by atoms with Crippen LogP contribution in [0.25, 0.3) is 0 Å². The number of ether oxygens (including phenoxy) is 1. The van der Waals surface area contributed by atoms with Crippen molar-refractivity contribution in [2.24, 2.45) is 0 Å². The number of hydrogen-bond donors (Lipinski definition) is 3. The second-order valence-corrected chi connectivity index (χ2v) is 5.51. The maximum Gasteiger partial charge on any atom is 0.319 e. The quantitative estimate of drug-likeness (QED) is 0.627. The van der Waals surface area contributed by atoms with Crippen molar-refractivity contribution in [3.63, 3.8) is 0 Å². The van der Waals surface area contributed by atoms with Crippen LogP contribution in [0.1, 0.15) is 6.42 Å². The molecular weight excluding hydrogens is 398 g/mol. The van der Waals surface area contributed by atoms with Crippen LogP contribution in [0.5, 0.6) is 0 Å². The zero-order valence-corrected chi connectivity index (χ0v) is 13.6. The van der Waals surface area contributed by atoms with Gasteiger partial charge in [-0.05, 0) is 40.8 Å². The number of hydrogen-bond acceptors (Lipinski definition) is 3. The maximum absolute atomic E-state index is 11.7. The average molecular weight is 413 g/mol. The summed E-state index contributed by atoms with van der Waals surface area (Å²) in [7, 11) is 1.40. The standard InChI is InChI=1S/C12H14ClIN2O4/c1-20-8(5-11(17)18)6-15-12(19)16-10-3-2-7(13)4-9(10)14/h2-4,8H,5-6H2,1H3,(H,17,18)(H2,15,16,19). The second kappa shape index (κ2) is 8.28. The average Bonchev–Trinajstić information content (AvgIpc) is 2.37. The summed E-state index contributed by atoms with van der Waals surface area (Å²) in [5.74, 6) is -0.980. The molecule has 20 heavy (non-hydrogen) atoms. The first-order chi connectivity index (χ1) is 9.42. The molecular formula is C12H14ClIN2O4. The first-order valence-corrected chi connectivity index (χ1v) is 7.12. The molecule has 0 saturated carbocycles. The Morgan fingerprint density at radius 1 is 1.50 bits per heavy atom. The number of amides is 2. The van der Waals surface area contributed by atoms with Gasteiger partial charge in [0.25, 0.3) is 0 Å². The number of carboxylic acid groups (broad SMARTS) is 1. The minimum Gasteiger partial charge on any atom is -0.481 e. The number of rotatable bonds is 6. The molecule has 0 aromatic heterocycles. The Morgan fingerprint density at radius 3 is 2.75 bits per heavy atom. The lowest BCUT2D eigenvalue weighted by Crippen LogP contribution is -2.37. The molecule has 1 atom stereocenters. The van der Waals surface area contributed by atoms with Crippen LogP contribution in [0.4, 0.5) is 10.5 Å². The third-order valence-electron chi connectivity index (χ3n) is 2.41. The fraction of sp³-hybridized carbons (Fsp3) is 0.333. The summed E-state index contributed by atoms with van der Waals surface area (Å²) < 4.78 is 5.76. The van der Waals surface area contributed by atoms with E-state index in [0.29, 0.717) is 10.7 Å². The van der Waals surface area contributed by atoms with Gasteiger partial charge in [-0.15, -0.1) is 0 Å². The fourth-order valence-electron chi connectivity index (χ4n) is 1.40. The van der Waals surface area contributed by atoms with Gasteiger partial charge in [-0.1, -0.05) is 11.6 Å². The molecule has 0 bridgehead atoms. The Bertz CT molecular complexity index is 498. The Kier molecular flexibility index (Phi) is 7.03. The second-order valence-electron chi connectivity index (χ2n) is 3.91. The molecule has 1 unspecified atom stereocenters. The minimum atomic E-state index is -0.980. The Labute approximate surface area is 135 Å². The molecule has 0 heterocycles. The van der Waals surface area contributed by atoms with Gasteiger partial charge in [-0.3, -0.25) is 4.79 Å². The van der Waals surface area contributed by atoms with E-state index in [1.807, 2.05) is 0 Å².